The molecule has 0 aliphatic rings. The summed E-state index contributed by atoms with van der Waals surface area (Å²) in [5.74, 6) is 0.121. The van der Waals surface area contributed by atoms with Gasteiger partial charge in [-0.25, -0.2) is 4.39 Å². The van der Waals surface area contributed by atoms with E-state index in [9.17, 15) is 9.18 Å². The summed E-state index contributed by atoms with van der Waals surface area (Å²) in [6.45, 7) is -0.105. The standard InChI is InChI=1S/C13H19FN2O2S/c1-19-5-4-12(15)13(18)16-7-9-2-3-10(8-17)11(14)6-9/h2-3,6,12,17H,4-5,7-8,15H2,1H3,(H,16,18)/t12-/m0/s1. The van der Waals surface area contributed by atoms with Crippen LogP contribution in [0.3, 0.4) is 0 Å². The van der Waals surface area contributed by atoms with Gasteiger partial charge in [0, 0.05) is 12.1 Å². The molecule has 0 saturated heterocycles. The van der Waals surface area contributed by atoms with Crippen molar-refractivity contribution in [2.45, 2.75) is 25.6 Å². The van der Waals surface area contributed by atoms with E-state index in [1.165, 1.54) is 12.1 Å². The molecule has 1 aromatic carbocycles. The Kier molecular flexibility index (Phi) is 6.83. The Morgan fingerprint density at radius 3 is 2.89 bits per heavy atom. The lowest BCUT2D eigenvalue weighted by Crippen LogP contribution is -2.40. The summed E-state index contributed by atoms with van der Waals surface area (Å²) >= 11 is 1.63. The summed E-state index contributed by atoms with van der Waals surface area (Å²) < 4.78 is 13.4. The third-order valence-electron chi connectivity index (χ3n) is 2.72. The van der Waals surface area contributed by atoms with Crippen molar-refractivity contribution in [3.8, 4) is 0 Å². The van der Waals surface area contributed by atoms with Gasteiger partial charge in [0.15, 0.2) is 0 Å². The molecule has 0 aliphatic heterocycles. The molecule has 0 aromatic heterocycles. The van der Waals surface area contributed by atoms with Crippen LogP contribution >= 0.6 is 11.8 Å². The number of thioether (sulfide) groups is 1. The molecule has 1 atom stereocenters. The lowest BCUT2D eigenvalue weighted by molar-refractivity contribution is -0.122. The van der Waals surface area contributed by atoms with E-state index in [4.69, 9.17) is 10.8 Å². The van der Waals surface area contributed by atoms with Crippen molar-refractivity contribution in [1.29, 1.82) is 0 Å². The first-order valence-corrected chi connectivity index (χ1v) is 7.38. The highest BCUT2D eigenvalue weighted by molar-refractivity contribution is 7.98. The number of nitrogens with two attached hydrogens (primary N) is 1. The average molecular weight is 286 g/mol. The summed E-state index contributed by atoms with van der Waals surface area (Å²) in [6.07, 6.45) is 2.57. The first kappa shape index (κ1) is 15.9. The topological polar surface area (TPSA) is 75.4 Å². The summed E-state index contributed by atoms with van der Waals surface area (Å²) in [7, 11) is 0. The molecule has 0 heterocycles. The highest BCUT2D eigenvalue weighted by atomic mass is 32.2. The Morgan fingerprint density at radius 1 is 1.58 bits per heavy atom. The van der Waals surface area contributed by atoms with E-state index in [1.807, 2.05) is 6.26 Å². The van der Waals surface area contributed by atoms with E-state index in [2.05, 4.69) is 5.32 Å². The van der Waals surface area contributed by atoms with Crippen molar-refractivity contribution in [2.24, 2.45) is 5.73 Å². The van der Waals surface area contributed by atoms with Gasteiger partial charge in [0.05, 0.1) is 12.6 Å². The predicted octanol–water partition coefficient (Wildman–Crippen LogP) is 1.01. The summed E-state index contributed by atoms with van der Waals surface area (Å²) in [6, 6.07) is 3.94. The van der Waals surface area contributed by atoms with Crippen molar-refractivity contribution in [3.05, 3.63) is 35.1 Å². The number of benzene rings is 1. The largest absolute Gasteiger partial charge is 0.392 e. The highest BCUT2D eigenvalue weighted by Gasteiger charge is 2.12. The van der Waals surface area contributed by atoms with Crippen LogP contribution in [-0.2, 0) is 17.9 Å². The van der Waals surface area contributed by atoms with Crippen LogP contribution in [0.5, 0.6) is 0 Å². The molecule has 0 aliphatic carbocycles. The van der Waals surface area contributed by atoms with E-state index in [1.54, 1.807) is 17.8 Å². The number of hydrogen-bond donors (Lipinski definition) is 3. The molecule has 0 bridgehead atoms. The fourth-order valence-corrected chi connectivity index (χ4v) is 2.01. The molecule has 1 amide bonds. The molecule has 106 valence electrons. The quantitative estimate of drug-likeness (QED) is 0.699. The number of carbonyl (C=O) groups excluding carboxylic acids is 1. The van der Waals surface area contributed by atoms with Crippen LogP contribution in [0.1, 0.15) is 17.5 Å². The number of amides is 1. The number of carbonyl (C=O) groups is 1. The van der Waals surface area contributed by atoms with Crippen LogP contribution in [0.2, 0.25) is 0 Å². The van der Waals surface area contributed by atoms with Gasteiger partial charge < -0.3 is 16.2 Å². The summed E-state index contributed by atoms with van der Waals surface area (Å²) in [4.78, 5) is 11.7. The van der Waals surface area contributed by atoms with Gasteiger partial charge in [-0.05, 0) is 30.1 Å². The molecule has 6 heteroatoms. The number of hydrogen-bond acceptors (Lipinski definition) is 4. The van der Waals surface area contributed by atoms with Crippen LogP contribution in [0, 0.1) is 5.82 Å². The fraction of sp³-hybridized carbons (Fsp3) is 0.462. The second-order valence-electron chi connectivity index (χ2n) is 4.19. The summed E-state index contributed by atoms with van der Waals surface area (Å²) in [5.41, 5.74) is 6.59. The molecule has 0 radical (unpaired) electrons. The minimum Gasteiger partial charge on any atom is -0.392 e. The Labute approximate surface area is 116 Å². The van der Waals surface area contributed by atoms with Gasteiger partial charge in [-0.1, -0.05) is 12.1 Å². The number of aliphatic hydroxyl groups is 1. The Bertz CT molecular complexity index is 429. The van der Waals surface area contributed by atoms with E-state index in [-0.39, 0.29) is 24.6 Å². The van der Waals surface area contributed by atoms with E-state index < -0.39 is 11.9 Å². The molecule has 0 saturated carbocycles. The molecular weight excluding hydrogens is 267 g/mol. The number of nitrogens with one attached hydrogen (secondary N) is 1. The lowest BCUT2D eigenvalue weighted by atomic mass is 10.1. The molecule has 19 heavy (non-hydrogen) atoms. The van der Waals surface area contributed by atoms with Crippen LogP contribution in [0.4, 0.5) is 4.39 Å². The lowest BCUT2D eigenvalue weighted by Gasteiger charge is -2.12. The molecule has 0 spiro atoms. The van der Waals surface area contributed by atoms with E-state index >= 15 is 0 Å². The molecule has 1 rings (SSSR count). The van der Waals surface area contributed by atoms with Crippen LogP contribution in [-0.4, -0.2) is 29.1 Å². The molecule has 4 N–H and O–H groups in total. The van der Waals surface area contributed by atoms with Gasteiger partial charge in [-0.2, -0.15) is 11.8 Å². The Morgan fingerprint density at radius 2 is 2.32 bits per heavy atom. The van der Waals surface area contributed by atoms with Gasteiger partial charge in [0.2, 0.25) is 5.91 Å². The SMILES string of the molecule is CSCC[C@H](N)C(=O)NCc1ccc(CO)c(F)c1. The van der Waals surface area contributed by atoms with Gasteiger partial charge in [-0.15, -0.1) is 0 Å². The maximum absolute atomic E-state index is 13.4. The summed E-state index contributed by atoms with van der Waals surface area (Å²) in [5, 5.41) is 11.5. The van der Waals surface area contributed by atoms with Gasteiger partial charge >= 0.3 is 0 Å². The van der Waals surface area contributed by atoms with Crippen LogP contribution in [0.25, 0.3) is 0 Å². The third-order valence-corrected chi connectivity index (χ3v) is 3.37. The minimum atomic E-state index is -0.533. The Balaban J connectivity index is 2.48. The molecule has 4 nitrogen and oxygen atoms in total. The van der Waals surface area contributed by atoms with Crippen molar-refractivity contribution in [1.82, 2.24) is 5.32 Å². The first-order valence-electron chi connectivity index (χ1n) is 5.99. The first-order chi connectivity index (χ1) is 9.08. The predicted molar refractivity (Wildman–Crippen MR) is 75.1 cm³/mol. The van der Waals surface area contributed by atoms with Gasteiger partial charge in [0.1, 0.15) is 5.82 Å². The van der Waals surface area contributed by atoms with Crippen molar-refractivity contribution >= 4 is 17.7 Å². The fourth-order valence-electron chi connectivity index (χ4n) is 1.53. The maximum atomic E-state index is 13.4. The van der Waals surface area contributed by atoms with Crippen molar-refractivity contribution in [3.63, 3.8) is 0 Å². The smallest absolute Gasteiger partial charge is 0.237 e. The average Bonchev–Trinajstić information content (AvgIpc) is 2.42. The zero-order valence-electron chi connectivity index (χ0n) is 10.9. The second kappa shape index (κ2) is 8.14. The normalized spacial score (nSPS) is 12.2. The van der Waals surface area contributed by atoms with Gasteiger partial charge in [0.25, 0.3) is 0 Å². The Hall–Kier alpha value is -1.11. The second-order valence-corrected chi connectivity index (χ2v) is 5.18. The van der Waals surface area contributed by atoms with Gasteiger partial charge in [-0.3, -0.25) is 4.79 Å². The van der Waals surface area contributed by atoms with Crippen LogP contribution < -0.4 is 11.1 Å². The van der Waals surface area contributed by atoms with E-state index in [0.717, 1.165) is 5.75 Å². The molecule has 1 aromatic rings. The monoisotopic (exact) mass is 286 g/mol. The van der Waals surface area contributed by atoms with E-state index in [0.29, 0.717) is 12.0 Å². The number of aliphatic hydroxyl groups excluding tert-OH is 1. The minimum absolute atomic E-state index is 0.231. The molecule has 0 unspecified atom stereocenters. The maximum Gasteiger partial charge on any atom is 0.237 e. The zero-order chi connectivity index (χ0) is 14.3. The molecular formula is C13H19FN2O2S. The number of rotatable bonds is 7. The third kappa shape index (κ3) is 5.18. The number of halogens is 1. The van der Waals surface area contributed by atoms with Crippen molar-refractivity contribution < 1.29 is 14.3 Å². The van der Waals surface area contributed by atoms with Crippen molar-refractivity contribution in [2.75, 3.05) is 12.0 Å². The highest BCUT2D eigenvalue weighted by Crippen LogP contribution is 2.10. The molecule has 0 fully saturated rings. The zero-order valence-corrected chi connectivity index (χ0v) is 11.7. The van der Waals surface area contributed by atoms with Crippen LogP contribution in [0.15, 0.2) is 18.2 Å².